The molecule has 0 saturated carbocycles. The third-order valence-corrected chi connectivity index (χ3v) is 1.50. The monoisotopic (exact) mass is 192 g/mol. The lowest BCUT2D eigenvalue weighted by atomic mass is 10.4. The van der Waals surface area contributed by atoms with Crippen LogP contribution in [-0.2, 0) is 19.6 Å². The van der Waals surface area contributed by atoms with Crippen molar-refractivity contribution in [1.82, 2.24) is 0 Å². The standard InChI is InChI=1S/C6H8O5S/c1-4(2)6(7)11-5(3)12(8,9)10/h1,3H2,2H3,(H,8,9,10). The van der Waals surface area contributed by atoms with Gasteiger partial charge in [0.2, 0.25) is 5.09 Å². The fraction of sp³-hybridized carbons (Fsp3) is 0.167. The molecule has 0 spiro atoms. The minimum Gasteiger partial charge on any atom is -0.409 e. The normalized spacial score (nSPS) is 10.5. The Hall–Kier alpha value is -1.14. The summed E-state index contributed by atoms with van der Waals surface area (Å²) in [6.45, 7) is 7.36. The number of hydrogen-bond acceptors (Lipinski definition) is 4. The molecule has 0 amide bonds. The molecular weight excluding hydrogens is 184 g/mol. The third kappa shape index (κ3) is 3.31. The van der Waals surface area contributed by atoms with Crippen molar-refractivity contribution >= 4 is 16.1 Å². The first-order valence-corrected chi connectivity index (χ1v) is 4.23. The van der Waals surface area contributed by atoms with Crippen LogP contribution in [0.4, 0.5) is 0 Å². The number of hydrogen-bond donors (Lipinski definition) is 1. The van der Waals surface area contributed by atoms with Crippen LogP contribution in [0.1, 0.15) is 6.92 Å². The van der Waals surface area contributed by atoms with Crippen molar-refractivity contribution in [2.24, 2.45) is 0 Å². The molecule has 0 aromatic carbocycles. The molecule has 0 saturated heterocycles. The van der Waals surface area contributed by atoms with E-state index in [-0.39, 0.29) is 5.57 Å². The molecule has 0 atom stereocenters. The van der Waals surface area contributed by atoms with Gasteiger partial charge in [-0.2, -0.15) is 8.42 Å². The molecule has 0 aromatic rings. The van der Waals surface area contributed by atoms with Gasteiger partial charge in [0.1, 0.15) is 0 Å². The van der Waals surface area contributed by atoms with E-state index in [0.29, 0.717) is 0 Å². The van der Waals surface area contributed by atoms with Crippen LogP contribution in [0.25, 0.3) is 0 Å². The summed E-state index contributed by atoms with van der Waals surface area (Å²) in [5.41, 5.74) is 0.0137. The highest BCUT2D eigenvalue weighted by Gasteiger charge is 2.16. The Labute approximate surface area is 70.1 Å². The Kier molecular flexibility index (Phi) is 3.17. The summed E-state index contributed by atoms with van der Waals surface area (Å²) in [4.78, 5) is 10.6. The first-order chi connectivity index (χ1) is 5.25. The lowest BCUT2D eigenvalue weighted by Gasteiger charge is -2.02. The van der Waals surface area contributed by atoms with E-state index >= 15 is 0 Å². The van der Waals surface area contributed by atoms with Gasteiger partial charge >= 0.3 is 16.1 Å². The summed E-state index contributed by atoms with van der Waals surface area (Å²) in [5, 5.41) is -1.00. The van der Waals surface area contributed by atoms with E-state index in [1.807, 2.05) is 0 Å². The van der Waals surface area contributed by atoms with Gasteiger partial charge in [-0.25, -0.2) is 4.79 Å². The van der Waals surface area contributed by atoms with E-state index in [1.54, 1.807) is 0 Å². The van der Waals surface area contributed by atoms with Crippen molar-refractivity contribution in [2.75, 3.05) is 0 Å². The van der Waals surface area contributed by atoms with Crippen LogP contribution >= 0.6 is 0 Å². The van der Waals surface area contributed by atoms with Crippen molar-refractivity contribution < 1.29 is 22.5 Å². The quantitative estimate of drug-likeness (QED) is 0.304. The Morgan fingerprint density at radius 2 is 1.83 bits per heavy atom. The highest BCUT2D eigenvalue weighted by atomic mass is 32.2. The molecule has 0 rings (SSSR count). The van der Waals surface area contributed by atoms with Crippen LogP contribution in [0.15, 0.2) is 23.8 Å². The predicted molar refractivity (Wildman–Crippen MR) is 41.6 cm³/mol. The number of carbonyl (C=O) groups excluding carboxylic acids is 1. The molecule has 0 aliphatic carbocycles. The molecule has 6 heteroatoms. The van der Waals surface area contributed by atoms with E-state index in [9.17, 15) is 13.2 Å². The molecule has 0 heterocycles. The first kappa shape index (κ1) is 10.9. The van der Waals surface area contributed by atoms with Gasteiger partial charge in [-0.3, -0.25) is 4.55 Å². The zero-order chi connectivity index (χ0) is 9.94. The predicted octanol–water partition coefficient (Wildman–Crippen LogP) is 0.465. The Morgan fingerprint density at radius 3 is 2.08 bits per heavy atom. The average molecular weight is 192 g/mol. The fourth-order valence-electron chi connectivity index (χ4n) is 0.243. The molecule has 68 valence electrons. The van der Waals surface area contributed by atoms with Gasteiger partial charge in [-0.15, -0.1) is 0 Å². The van der Waals surface area contributed by atoms with Gasteiger partial charge in [0.05, 0.1) is 0 Å². The molecular formula is C6H8O5S. The second-order valence-corrected chi connectivity index (χ2v) is 3.42. The van der Waals surface area contributed by atoms with Gasteiger partial charge in [-0.05, 0) is 13.5 Å². The lowest BCUT2D eigenvalue weighted by Crippen LogP contribution is -2.10. The molecule has 0 unspecified atom stereocenters. The zero-order valence-electron chi connectivity index (χ0n) is 6.40. The van der Waals surface area contributed by atoms with Crippen LogP contribution in [0, 0.1) is 0 Å². The van der Waals surface area contributed by atoms with Crippen LogP contribution in [0.2, 0.25) is 0 Å². The molecule has 0 aliphatic heterocycles. The molecule has 1 N–H and O–H groups in total. The highest BCUT2D eigenvalue weighted by molar-refractivity contribution is 7.89. The van der Waals surface area contributed by atoms with Gasteiger partial charge in [0.25, 0.3) is 0 Å². The van der Waals surface area contributed by atoms with Crippen molar-refractivity contribution in [3.05, 3.63) is 23.8 Å². The number of rotatable bonds is 3. The summed E-state index contributed by atoms with van der Waals surface area (Å²) in [6.07, 6.45) is 0. The summed E-state index contributed by atoms with van der Waals surface area (Å²) in [7, 11) is -4.51. The van der Waals surface area contributed by atoms with Crippen LogP contribution in [0.5, 0.6) is 0 Å². The topological polar surface area (TPSA) is 80.7 Å². The number of esters is 1. The third-order valence-electron chi connectivity index (χ3n) is 0.843. The van der Waals surface area contributed by atoms with Crippen molar-refractivity contribution in [3.8, 4) is 0 Å². The second-order valence-electron chi connectivity index (χ2n) is 2.02. The fourth-order valence-corrected chi connectivity index (χ4v) is 0.424. The van der Waals surface area contributed by atoms with E-state index in [0.717, 1.165) is 0 Å². The van der Waals surface area contributed by atoms with E-state index < -0.39 is 21.2 Å². The molecule has 12 heavy (non-hydrogen) atoms. The molecule has 0 bridgehead atoms. The largest absolute Gasteiger partial charge is 0.409 e. The maximum absolute atomic E-state index is 10.6. The Morgan fingerprint density at radius 1 is 1.42 bits per heavy atom. The maximum atomic E-state index is 10.6. The summed E-state index contributed by atoms with van der Waals surface area (Å²) in [5.74, 6) is -0.947. The van der Waals surface area contributed by atoms with E-state index in [4.69, 9.17) is 4.55 Å². The van der Waals surface area contributed by atoms with Crippen molar-refractivity contribution in [1.29, 1.82) is 0 Å². The Bertz CT molecular complexity index is 324. The average Bonchev–Trinajstić information content (AvgIpc) is 1.85. The summed E-state index contributed by atoms with van der Waals surface area (Å²) >= 11 is 0. The SMILES string of the molecule is C=C(C)C(=O)OC(=C)S(=O)(=O)O. The van der Waals surface area contributed by atoms with Crippen LogP contribution < -0.4 is 0 Å². The van der Waals surface area contributed by atoms with Crippen LogP contribution in [-0.4, -0.2) is 18.9 Å². The summed E-state index contributed by atoms with van der Waals surface area (Å²) < 4.78 is 32.9. The van der Waals surface area contributed by atoms with E-state index in [2.05, 4.69) is 17.9 Å². The first-order valence-electron chi connectivity index (χ1n) is 2.79. The molecule has 0 radical (unpaired) electrons. The Balaban J connectivity index is 4.42. The van der Waals surface area contributed by atoms with E-state index in [1.165, 1.54) is 6.92 Å². The van der Waals surface area contributed by atoms with Gasteiger partial charge in [0.15, 0.2) is 0 Å². The molecule has 0 fully saturated rings. The zero-order valence-corrected chi connectivity index (χ0v) is 7.22. The van der Waals surface area contributed by atoms with Gasteiger partial charge < -0.3 is 4.74 Å². The van der Waals surface area contributed by atoms with Gasteiger partial charge in [0, 0.05) is 5.57 Å². The smallest absolute Gasteiger partial charge is 0.339 e. The van der Waals surface area contributed by atoms with Crippen molar-refractivity contribution in [3.63, 3.8) is 0 Å². The molecule has 0 aromatic heterocycles. The second kappa shape index (κ2) is 3.51. The number of carbonyl (C=O) groups is 1. The molecule has 0 aliphatic rings. The molecule has 5 nitrogen and oxygen atoms in total. The lowest BCUT2D eigenvalue weighted by molar-refractivity contribution is -0.134. The van der Waals surface area contributed by atoms with Crippen LogP contribution in [0.3, 0.4) is 0 Å². The minimum atomic E-state index is -4.51. The van der Waals surface area contributed by atoms with Crippen molar-refractivity contribution in [2.45, 2.75) is 6.92 Å². The van der Waals surface area contributed by atoms with Gasteiger partial charge in [-0.1, -0.05) is 6.58 Å². The maximum Gasteiger partial charge on any atom is 0.339 e. The summed E-state index contributed by atoms with van der Waals surface area (Å²) in [6, 6.07) is 0. The highest BCUT2D eigenvalue weighted by Crippen LogP contribution is 2.05. The number of ether oxygens (including phenoxy) is 1. The minimum absolute atomic E-state index is 0.0137.